The highest BCUT2D eigenvalue weighted by molar-refractivity contribution is 7.85. The minimum atomic E-state index is -3.44. The summed E-state index contributed by atoms with van der Waals surface area (Å²) >= 11 is 0. The quantitative estimate of drug-likeness (QED) is 0.116. The number of carbonyl (C=O) groups is 1. The van der Waals surface area contributed by atoms with Crippen molar-refractivity contribution in [1.29, 1.82) is 0 Å². The van der Waals surface area contributed by atoms with E-state index < -0.39 is 27.3 Å². The normalized spacial score (nSPS) is 15.0. The van der Waals surface area contributed by atoms with E-state index in [4.69, 9.17) is 4.18 Å². The topological polar surface area (TPSA) is 118 Å². The van der Waals surface area contributed by atoms with Crippen molar-refractivity contribution in [1.82, 2.24) is 9.88 Å². The van der Waals surface area contributed by atoms with Crippen molar-refractivity contribution in [2.45, 2.75) is 95.8 Å². The number of anilines is 1. The molecule has 258 valence electrons. The van der Waals surface area contributed by atoms with Crippen molar-refractivity contribution in [2.75, 3.05) is 37.7 Å². The van der Waals surface area contributed by atoms with Crippen LogP contribution in [0.3, 0.4) is 0 Å². The number of nitrogens with one attached hydrogen (secondary N) is 1. The lowest BCUT2D eigenvalue weighted by Crippen LogP contribution is -2.43. The van der Waals surface area contributed by atoms with Crippen molar-refractivity contribution in [2.24, 2.45) is 0 Å². The number of unbranched alkanes of at least 4 members (excludes halogenated alkanes) is 9. The van der Waals surface area contributed by atoms with Crippen molar-refractivity contribution >= 4 is 32.7 Å². The van der Waals surface area contributed by atoms with E-state index in [0.29, 0.717) is 30.9 Å². The van der Waals surface area contributed by atoms with Gasteiger partial charge in [-0.2, -0.15) is 8.42 Å². The molecule has 2 aliphatic rings. The predicted octanol–water partition coefficient (Wildman–Crippen LogP) is 7.04. The third-order valence-corrected chi connectivity index (χ3v) is 9.89. The van der Waals surface area contributed by atoms with Gasteiger partial charge in [0.2, 0.25) is 5.43 Å². The summed E-state index contributed by atoms with van der Waals surface area (Å²) in [5, 5.41) is 12.6. The number of aromatic carboxylic acids is 1. The second kappa shape index (κ2) is 18.3. The third-order valence-electron chi connectivity index (χ3n) is 8.68. The molecular formula is C36H50FN3O6S. The summed E-state index contributed by atoms with van der Waals surface area (Å²) < 4.78 is 45.2. The van der Waals surface area contributed by atoms with E-state index in [9.17, 15) is 27.5 Å². The number of aromatic nitrogens is 1. The minimum Gasteiger partial charge on any atom is -0.477 e. The molecule has 0 radical (unpaired) electrons. The van der Waals surface area contributed by atoms with Crippen molar-refractivity contribution in [3.8, 4) is 0 Å². The SMILES string of the molecule is CCCCCCCCCCCCOS(=O)(=O)Cc1ccccc1.O=C(O)c1cn(C2CC2)c2cc(N3CCNCC3)c(F)cc2c1=O. The molecule has 1 aliphatic carbocycles. The molecule has 3 aromatic rings. The lowest BCUT2D eigenvalue weighted by Gasteiger charge is -2.30. The van der Waals surface area contributed by atoms with Crippen LogP contribution in [0, 0.1) is 5.82 Å². The highest BCUT2D eigenvalue weighted by Gasteiger charge is 2.28. The molecule has 5 rings (SSSR count). The Hall–Kier alpha value is -3.28. The highest BCUT2D eigenvalue weighted by atomic mass is 32.2. The molecule has 0 amide bonds. The van der Waals surface area contributed by atoms with Crippen LogP contribution >= 0.6 is 0 Å². The van der Waals surface area contributed by atoms with Gasteiger partial charge >= 0.3 is 5.97 Å². The standard InChI is InChI=1S/C19H32O3S.C17H18FN3O3/c1-2-3-4-5-6-7-8-9-10-14-17-22-23(20,21)18-19-15-12-11-13-16-19;18-13-7-11-14(8-15(13)20-5-3-19-4-6-20)21(10-1-2-10)9-12(16(11)22)17(23)24/h11-13,15-16H,2-10,14,17-18H2,1H3;7-10,19H,1-6H2,(H,23,24). The van der Waals surface area contributed by atoms with Crippen molar-refractivity contribution in [3.63, 3.8) is 0 Å². The molecule has 2 N–H and O–H groups in total. The Morgan fingerprint density at radius 2 is 1.57 bits per heavy atom. The van der Waals surface area contributed by atoms with Gasteiger partial charge in [-0.25, -0.2) is 9.18 Å². The van der Waals surface area contributed by atoms with Crippen LogP contribution < -0.4 is 15.6 Å². The average Bonchev–Trinajstić information content (AvgIpc) is 3.90. The van der Waals surface area contributed by atoms with Gasteiger partial charge in [-0.3, -0.25) is 8.98 Å². The smallest absolute Gasteiger partial charge is 0.341 e. The molecule has 1 aromatic heterocycles. The Labute approximate surface area is 278 Å². The van der Waals surface area contributed by atoms with Gasteiger partial charge in [0.1, 0.15) is 17.1 Å². The molecule has 9 nitrogen and oxygen atoms in total. The fraction of sp³-hybridized carbons (Fsp3) is 0.556. The second-order valence-corrected chi connectivity index (χ2v) is 14.2. The van der Waals surface area contributed by atoms with E-state index in [1.807, 2.05) is 27.7 Å². The van der Waals surface area contributed by atoms with Gasteiger partial charge in [-0.05, 0) is 37.0 Å². The van der Waals surface area contributed by atoms with Crippen LogP contribution in [-0.2, 0) is 20.1 Å². The van der Waals surface area contributed by atoms with E-state index in [2.05, 4.69) is 12.2 Å². The summed E-state index contributed by atoms with van der Waals surface area (Å²) in [6, 6.07) is 12.2. The number of carboxylic acid groups (broad SMARTS) is 1. The first kappa shape index (κ1) is 36.6. The monoisotopic (exact) mass is 671 g/mol. The maximum Gasteiger partial charge on any atom is 0.341 e. The van der Waals surface area contributed by atoms with Gasteiger partial charge in [0.15, 0.2) is 0 Å². The van der Waals surface area contributed by atoms with Crippen LogP contribution in [0.1, 0.15) is 106 Å². The number of piperazine rings is 1. The Balaban J connectivity index is 0.000000213. The van der Waals surface area contributed by atoms with Crippen LogP contribution in [-0.4, -0.2) is 56.8 Å². The Kier molecular flexibility index (Phi) is 14.2. The highest BCUT2D eigenvalue weighted by Crippen LogP contribution is 2.38. The zero-order valence-corrected chi connectivity index (χ0v) is 28.4. The maximum absolute atomic E-state index is 14.6. The number of halogens is 1. The van der Waals surface area contributed by atoms with Gasteiger partial charge in [0, 0.05) is 43.8 Å². The zero-order valence-electron chi connectivity index (χ0n) is 27.6. The molecule has 0 spiro atoms. The molecule has 2 heterocycles. The summed E-state index contributed by atoms with van der Waals surface area (Å²) in [6.07, 6.45) is 15.6. The summed E-state index contributed by atoms with van der Waals surface area (Å²) in [6.45, 7) is 5.51. The predicted molar refractivity (Wildman–Crippen MR) is 185 cm³/mol. The summed E-state index contributed by atoms with van der Waals surface area (Å²) in [4.78, 5) is 25.7. The number of benzene rings is 2. The first-order valence-corrected chi connectivity index (χ1v) is 18.8. The van der Waals surface area contributed by atoms with Gasteiger partial charge in [0.05, 0.1) is 17.8 Å². The van der Waals surface area contributed by atoms with E-state index in [-0.39, 0.29) is 22.7 Å². The molecule has 2 aromatic carbocycles. The van der Waals surface area contributed by atoms with E-state index in [1.54, 1.807) is 18.2 Å². The first-order valence-electron chi connectivity index (χ1n) is 17.2. The molecule has 47 heavy (non-hydrogen) atoms. The molecule has 0 unspecified atom stereocenters. The van der Waals surface area contributed by atoms with Crippen LogP contribution in [0.25, 0.3) is 10.9 Å². The average molecular weight is 672 g/mol. The number of fused-ring (bicyclic) bond motifs is 1. The number of rotatable bonds is 17. The van der Waals surface area contributed by atoms with Gasteiger partial charge in [0.25, 0.3) is 10.1 Å². The number of hydrogen-bond donors (Lipinski definition) is 2. The molecule has 0 atom stereocenters. The van der Waals surface area contributed by atoms with Crippen LogP contribution in [0.2, 0.25) is 0 Å². The number of pyridine rings is 1. The molecule has 2 fully saturated rings. The van der Waals surface area contributed by atoms with E-state index >= 15 is 0 Å². The van der Waals surface area contributed by atoms with Gasteiger partial charge in [-0.1, -0.05) is 95.0 Å². The van der Waals surface area contributed by atoms with Crippen LogP contribution in [0.4, 0.5) is 10.1 Å². The minimum absolute atomic E-state index is 0.0361. The number of nitrogens with zero attached hydrogens (tertiary/aromatic N) is 2. The largest absolute Gasteiger partial charge is 0.477 e. The molecule has 1 aliphatic heterocycles. The molecule has 11 heteroatoms. The number of hydrogen-bond acceptors (Lipinski definition) is 7. The van der Waals surface area contributed by atoms with E-state index in [0.717, 1.165) is 44.3 Å². The Morgan fingerprint density at radius 1 is 0.957 bits per heavy atom. The zero-order chi connectivity index (χ0) is 33.6. The fourth-order valence-electron chi connectivity index (χ4n) is 5.91. The number of carboxylic acids is 1. The second-order valence-electron chi connectivity index (χ2n) is 12.6. The molecule has 0 bridgehead atoms. The van der Waals surface area contributed by atoms with Crippen LogP contribution in [0.15, 0.2) is 53.5 Å². The van der Waals surface area contributed by atoms with Gasteiger partial charge in [-0.15, -0.1) is 0 Å². The summed E-state index contributed by atoms with van der Waals surface area (Å²) in [5.41, 5.74) is 0.933. The van der Waals surface area contributed by atoms with Crippen molar-refractivity contribution < 1.29 is 26.9 Å². The molecule has 1 saturated carbocycles. The molecular weight excluding hydrogens is 621 g/mol. The Bertz CT molecular complexity index is 1600. The fourth-order valence-corrected chi connectivity index (χ4v) is 6.97. The summed E-state index contributed by atoms with van der Waals surface area (Å²) in [7, 11) is -3.44. The van der Waals surface area contributed by atoms with Crippen molar-refractivity contribution in [3.05, 3.63) is 75.8 Å². The third kappa shape index (κ3) is 11.4. The van der Waals surface area contributed by atoms with E-state index in [1.165, 1.54) is 63.6 Å². The lowest BCUT2D eigenvalue weighted by atomic mass is 10.1. The molecule has 1 saturated heterocycles. The Morgan fingerprint density at radius 3 is 2.17 bits per heavy atom. The first-order chi connectivity index (χ1) is 22.7. The summed E-state index contributed by atoms with van der Waals surface area (Å²) in [5.74, 6) is -1.79. The lowest BCUT2D eigenvalue weighted by molar-refractivity contribution is 0.0694. The maximum atomic E-state index is 14.6. The van der Waals surface area contributed by atoms with Gasteiger partial charge < -0.3 is 19.9 Å². The van der Waals surface area contributed by atoms with Crippen LogP contribution in [0.5, 0.6) is 0 Å².